The molecule has 0 aliphatic rings. The van der Waals surface area contributed by atoms with Gasteiger partial charge in [-0.25, -0.2) is 17.2 Å². The summed E-state index contributed by atoms with van der Waals surface area (Å²) in [6.45, 7) is 0. The van der Waals surface area contributed by atoms with Gasteiger partial charge in [-0.05, 0) is 35.4 Å². The summed E-state index contributed by atoms with van der Waals surface area (Å²) in [6.07, 6.45) is -0.0768. The molecule has 0 fully saturated rings. The van der Waals surface area contributed by atoms with Crippen molar-refractivity contribution in [3.63, 3.8) is 0 Å². The zero-order valence-electron chi connectivity index (χ0n) is 10.5. The van der Waals surface area contributed by atoms with Crippen LogP contribution in [0.2, 0.25) is 0 Å². The van der Waals surface area contributed by atoms with E-state index in [1.165, 1.54) is 30.3 Å². The smallest absolute Gasteiger partial charge is 0.175 e. The molecule has 0 bridgehead atoms. The molecule has 0 heterocycles. The lowest BCUT2D eigenvalue weighted by atomic mass is 10.0. The Morgan fingerprint density at radius 1 is 0.950 bits per heavy atom. The van der Waals surface area contributed by atoms with Crippen molar-refractivity contribution in [2.75, 3.05) is 6.26 Å². The third-order valence-electron chi connectivity index (χ3n) is 2.88. The molecular weight excluding hydrogens is 286 g/mol. The molecule has 106 valence electrons. The Hall–Kier alpha value is -1.79. The minimum atomic E-state index is -3.31. The molecule has 0 aliphatic carbocycles. The van der Waals surface area contributed by atoms with Crippen molar-refractivity contribution in [3.05, 3.63) is 65.2 Å². The molecule has 0 saturated carbocycles. The molecule has 3 nitrogen and oxygen atoms in total. The van der Waals surface area contributed by atoms with Gasteiger partial charge in [0, 0.05) is 6.26 Å². The normalized spacial score (nSPS) is 13.2. The standard InChI is InChI=1S/C14H12F2O3S/c1-20(18,19)11-5-2-9(3-6-11)14(17)10-4-7-12(15)13(16)8-10/h2-8,14,17H,1H3. The SMILES string of the molecule is CS(=O)(=O)c1ccc(C(O)c2ccc(F)c(F)c2)cc1. The van der Waals surface area contributed by atoms with E-state index in [0.29, 0.717) is 5.56 Å². The summed E-state index contributed by atoms with van der Waals surface area (Å²) in [6, 6.07) is 8.68. The van der Waals surface area contributed by atoms with Crippen LogP contribution in [-0.4, -0.2) is 19.8 Å². The molecule has 0 aromatic heterocycles. The van der Waals surface area contributed by atoms with Crippen molar-refractivity contribution in [2.45, 2.75) is 11.0 Å². The summed E-state index contributed by atoms with van der Waals surface area (Å²) in [5.74, 6) is -2.04. The van der Waals surface area contributed by atoms with Gasteiger partial charge in [0.05, 0.1) is 4.90 Å². The molecule has 1 N–H and O–H groups in total. The lowest BCUT2D eigenvalue weighted by Crippen LogP contribution is -2.02. The predicted molar refractivity (Wildman–Crippen MR) is 70.0 cm³/mol. The minimum absolute atomic E-state index is 0.124. The third-order valence-corrected chi connectivity index (χ3v) is 4.01. The molecule has 0 amide bonds. The fourth-order valence-electron chi connectivity index (χ4n) is 1.77. The van der Waals surface area contributed by atoms with Crippen LogP contribution in [-0.2, 0) is 9.84 Å². The molecular formula is C14H12F2O3S. The van der Waals surface area contributed by atoms with Crippen LogP contribution >= 0.6 is 0 Å². The van der Waals surface area contributed by atoms with Gasteiger partial charge in [0.15, 0.2) is 21.5 Å². The molecule has 20 heavy (non-hydrogen) atoms. The first-order chi connectivity index (χ1) is 9.29. The zero-order chi connectivity index (χ0) is 14.9. The monoisotopic (exact) mass is 298 g/mol. The van der Waals surface area contributed by atoms with Gasteiger partial charge in [0.2, 0.25) is 0 Å². The van der Waals surface area contributed by atoms with E-state index >= 15 is 0 Å². The summed E-state index contributed by atoms with van der Waals surface area (Å²) in [4.78, 5) is 0.124. The lowest BCUT2D eigenvalue weighted by molar-refractivity contribution is 0.219. The number of rotatable bonds is 3. The van der Waals surface area contributed by atoms with E-state index in [0.717, 1.165) is 18.4 Å². The molecule has 2 rings (SSSR count). The van der Waals surface area contributed by atoms with Crippen LogP contribution in [0.3, 0.4) is 0 Å². The van der Waals surface area contributed by atoms with E-state index in [2.05, 4.69) is 0 Å². The fraction of sp³-hybridized carbons (Fsp3) is 0.143. The first-order valence-corrected chi connectivity index (χ1v) is 7.61. The van der Waals surface area contributed by atoms with Crippen LogP contribution in [0.4, 0.5) is 8.78 Å². The zero-order valence-corrected chi connectivity index (χ0v) is 11.4. The highest BCUT2D eigenvalue weighted by Gasteiger charge is 2.14. The average Bonchev–Trinajstić information content (AvgIpc) is 2.40. The van der Waals surface area contributed by atoms with Crippen molar-refractivity contribution < 1.29 is 22.3 Å². The lowest BCUT2D eigenvalue weighted by Gasteiger charge is -2.12. The average molecular weight is 298 g/mol. The van der Waals surface area contributed by atoms with Gasteiger partial charge in [0.1, 0.15) is 6.10 Å². The Labute approximate surface area is 115 Å². The van der Waals surface area contributed by atoms with Gasteiger partial charge in [-0.15, -0.1) is 0 Å². The van der Waals surface area contributed by atoms with Crippen molar-refractivity contribution in [1.82, 2.24) is 0 Å². The van der Waals surface area contributed by atoms with Crippen LogP contribution in [0, 0.1) is 11.6 Å². The van der Waals surface area contributed by atoms with E-state index in [1.54, 1.807) is 0 Å². The van der Waals surface area contributed by atoms with E-state index in [4.69, 9.17) is 0 Å². The molecule has 0 radical (unpaired) electrons. The first kappa shape index (κ1) is 14.6. The summed E-state index contributed by atoms with van der Waals surface area (Å²) in [5, 5.41) is 10.1. The van der Waals surface area contributed by atoms with Crippen LogP contribution in [0.25, 0.3) is 0 Å². The molecule has 0 saturated heterocycles. The summed E-state index contributed by atoms with van der Waals surface area (Å²) < 4.78 is 48.6. The fourth-order valence-corrected chi connectivity index (χ4v) is 2.40. The number of sulfone groups is 1. The Balaban J connectivity index is 2.33. The van der Waals surface area contributed by atoms with Crippen molar-refractivity contribution in [1.29, 1.82) is 0 Å². The maximum absolute atomic E-state index is 13.1. The number of hydrogen-bond acceptors (Lipinski definition) is 3. The third kappa shape index (κ3) is 3.02. The van der Waals surface area contributed by atoms with Gasteiger partial charge in [-0.2, -0.15) is 0 Å². The molecule has 6 heteroatoms. The summed E-state index contributed by atoms with van der Waals surface area (Å²) in [5.41, 5.74) is 0.583. The Morgan fingerprint density at radius 3 is 2.00 bits per heavy atom. The number of aliphatic hydroxyl groups excluding tert-OH is 1. The number of halogens is 2. The molecule has 2 aromatic carbocycles. The topological polar surface area (TPSA) is 54.4 Å². The van der Waals surface area contributed by atoms with E-state index in [-0.39, 0.29) is 10.5 Å². The Bertz CT molecular complexity index is 725. The molecule has 2 aromatic rings. The molecule has 1 unspecified atom stereocenters. The van der Waals surface area contributed by atoms with Crippen molar-refractivity contribution in [3.8, 4) is 0 Å². The van der Waals surface area contributed by atoms with Crippen LogP contribution in [0.5, 0.6) is 0 Å². The quantitative estimate of drug-likeness (QED) is 0.947. The van der Waals surface area contributed by atoms with Gasteiger partial charge in [-0.1, -0.05) is 18.2 Å². The van der Waals surface area contributed by atoms with E-state index in [9.17, 15) is 22.3 Å². The number of hydrogen-bond donors (Lipinski definition) is 1. The van der Waals surface area contributed by atoms with Crippen molar-refractivity contribution in [2.24, 2.45) is 0 Å². The van der Waals surface area contributed by atoms with E-state index < -0.39 is 27.6 Å². The van der Waals surface area contributed by atoms with Gasteiger partial charge in [0.25, 0.3) is 0 Å². The Kier molecular flexibility index (Phi) is 3.87. The summed E-state index contributed by atoms with van der Waals surface area (Å²) in [7, 11) is -3.31. The number of benzene rings is 2. The largest absolute Gasteiger partial charge is 0.384 e. The Morgan fingerprint density at radius 2 is 1.50 bits per heavy atom. The molecule has 1 atom stereocenters. The minimum Gasteiger partial charge on any atom is -0.384 e. The predicted octanol–water partition coefficient (Wildman–Crippen LogP) is 2.45. The van der Waals surface area contributed by atoms with Crippen molar-refractivity contribution >= 4 is 9.84 Å². The second kappa shape index (κ2) is 5.30. The number of aliphatic hydroxyl groups is 1. The maximum atomic E-state index is 13.1. The van der Waals surface area contributed by atoms with Crippen LogP contribution in [0.15, 0.2) is 47.4 Å². The second-order valence-corrected chi connectivity index (χ2v) is 6.43. The maximum Gasteiger partial charge on any atom is 0.175 e. The van der Waals surface area contributed by atoms with Gasteiger partial charge in [-0.3, -0.25) is 0 Å². The van der Waals surface area contributed by atoms with E-state index in [1.807, 2.05) is 0 Å². The van der Waals surface area contributed by atoms with Crippen LogP contribution < -0.4 is 0 Å². The van der Waals surface area contributed by atoms with Gasteiger partial charge >= 0.3 is 0 Å². The van der Waals surface area contributed by atoms with Gasteiger partial charge < -0.3 is 5.11 Å². The first-order valence-electron chi connectivity index (χ1n) is 5.72. The highest BCUT2D eigenvalue weighted by atomic mass is 32.2. The highest BCUT2D eigenvalue weighted by molar-refractivity contribution is 7.90. The highest BCUT2D eigenvalue weighted by Crippen LogP contribution is 2.24. The molecule has 0 aliphatic heterocycles. The van der Waals surface area contributed by atoms with Crippen LogP contribution in [0.1, 0.15) is 17.2 Å². The second-order valence-electron chi connectivity index (χ2n) is 4.42. The molecule has 0 spiro atoms. The summed E-state index contributed by atoms with van der Waals surface area (Å²) >= 11 is 0.